The second-order valence-electron chi connectivity index (χ2n) is 2.23. The van der Waals surface area contributed by atoms with Crippen molar-refractivity contribution in [1.82, 2.24) is 0 Å². The van der Waals surface area contributed by atoms with Gasteiger partial charge in [-0.15, -0.1) is 0 Å². The molecule has 0 spiro atoms. The van der Waals surface area contributed by atoms with Crippen molar-refractivity contribution in [2.45, 2.75) is 6.10 Å². The number of hydrogen-bond acceptors (Lipinski definition) is 1. The van der Waals surface area contributed by atoms with Crippen LogP contribution in [0.25, 0.3) is 0 Å². The van der Waals surface area contributed by atoms with Crippen LogP contribution in [0.5, 0.6) is 0 Å². The molecule has 0 saturated carbocycles. The Morgan fingerprint density at radius 3 is 2.82 bits per heavy atom. The minimum absolute atomic E-state index is 0.394. The van der Waals surface area contributed by atoms with Gasteiger partial charge in [0.25, 0.3) is 0 Å². The predicted octanol–water partition coefficient (Wildman–Crippen LogP) is 2.81. The van der Waals surface area contributed by atoms with Gasteiger partial charge in [-0.3, -0.25) is 0 Å². The van der Waals surface area contributed by atoms with E-state index < -0.39 is 6.10 Å². The Bertz CT molecular complexity index is 239. The van der Waals surface area contributed by atoms with E-state index in [0.717, 1.165) is 5.56 Å². The Morgan fingerprint density at radius 1 is 1.55 bits per heavy atom. The van der Waals surface area contributed by atoms with Gasteiger partial charge in [-0.2, -0.15) is 0 Å². The topological polar surface area (TPSA) is 20.2 Å². The maximum atomic E-state index is 9.39. The van der Waals surface area contributed by atoms with Crippen LogP contribution < -0.4 is 0 Å². The average molecular weight is 283 g/mol. The van der Waals surface area contributed by atoms with Gasteiger partial charge in [-0.25, -0.2) is 0 Å². The summed E-state index contributed by atoms with van der Waals surface area (Å²) in [6.45, 7) is 0. The molecule has 1 rings (SSSR count). The quantitative estimate of drug-likeness (QED) is 0.653. The van der Waals surface area contributed by atoms with Crippen molar-refractivity contribution < 1.29 is 5.11 Å². The zero-order chi connectivity index (χ0) is 8.27. The third-order valence-electron chi connectivity index (χ3n) is 1.38. The number of benzene rings is 1. The summed E-state index contributed by atoms with van der Waals surface area (Å²) in [5, 5.41) is 10.1. The molecule has 0 radical (unpaired) electrons. The molecule has 1 atom stereocenters. The van der Waals surface area contributed by atoms with Crippen LogP contribution in [0.4, 0.5) is 0 Å². The highest BCUT2D eigenvalue weighted by molar-refractivity contribution is 14.1. The minimum atomic E-state index is -0.394. The van der Waals surface area contributed by atoms with Crippen molar-refractivity contribution >= 4 is 34.2 Å². The zero-order valence-corrected chi connectivity index (χ0v) is 8.71. The van der Waals surface area contributed by atoms with E-state index in [9.17, 15) is 5.11 Å². The smallest absolute Gasteiger partial charge is 0.0879 e. The number of aliphatic hydroxyl groups excluding tert-OH is 1. The van der Waals surface area contributed by atoms with E-state index in [1.54, 1.807) is 12.1 Å². The average Bonchev–Trinajstić information content (AvgIpc) is 2.03. The van der Waals surface area contributed by atoms with Crippen LogP contribution in [0.1, 0.15) is 11.7 Å². The first-order valence-corrected chi connectivity index (χ1v) is 5.14. The van der Waals surface area contributed by atoms with Gasteiger partial charge in [0.05, 0.1) is 6.10 Å². The molecule has 0 amide bonds. The summed E-state index contributed by atoms with van der Waals surface area (Å²) in [6.07, 6.45) is -0.394. The van der Waals surface area contributed by atoms with Gasteiger partial charge in [0.2, 0.25) is 0 Å². The van der Waals surface area contributed by atoms with Crippen LogP contribution in [-0.4, -0.2) is 9.53 Å². The van der Waals surface area contributed by atoms with Gasteiger partial charge in [-0.1, -0.05) is 46.3 Å². The van der Waals surface area contributed by atoms with Crippen LogP contribution in [-0.2, 0) is 0 Å². The molecule has 0 aliphatic carbocycles. The highest BCUT2D eigenvalue weighted by Gasteiger charge is 2.04. The third-order valence-corrected chi connectivity index (χ3v) is 2.45. The molecule has 1 aromatic carbocycles. The van der Waals surface area contributed by atoms with Crippen LogP contribution in [0.15, 0.2) is 24.3 Å². The number of halogens is 2. The van der Waals surface area contributed by atoms with E-state index in [-0.39, 0.29) is 0 Å². The fraction of sp³-hybridized carbons (Fsp3) is 0.250. The van der Waals surface area contributed by atoms with Crippen molar-refractivity contribution in [2.75, 3.05) is 4.43 Å². The van der Waals surface area contributed by atoms with Crippen molar-refractivity contribution in [3.63, 3.8) is 0 Å². The normalized spacial score (nSPS) is 13.0. The van der Waals surface area contributed by atoms with Crippen molar-refractivity contribution in [3.05, 3.63) is 34.9 Å². The first-order chi connectivity index (χ1) is 5.24. The fourth-order valence-corrected chi connectivity index (χ4v) is 1.51. The summed E-state index contributed by atoms with van der Waals surface area (Å²) >= 11 is 7.87. The summed E-state index contributed by atoms with van der Waals surface area (Å²) < 4.78 is 0.693. The molecule has 0 aliphatic rings. The van der Waals surface area contributed by atoms with Gasteiger partial charge < -0.3 is 5.11 Å². The zero-order valence-electron chi connectivity index (χ0n) is 5.80. The lowest BCUT2D eigenvalue weighted by Crippen LogP contribution is -1.96. The maximum Gasteiger partial charge on any atom is 0.0879 e. The first kappa shape index (κ1) is 9.29. The van der Waals surface area contributed by atoms with Crippen LogP contribution >= 0.6 is 34.2 Å². The molecule has 0 heterocycles. The predicted molar refractivity (Wildman–Crippen MR) is 55.3 cm³/mol. The van der Waals surface area contributed by atoms with Crippen LogP contribution in [0.2, 0.25) is 5.02 Å². The SMILES string of the molecule is O[C@@H](CI)c1cccc(Cl)c1. The van der Waals surface area contributed by atoms with Gasteiger partial charge in [0, 0.05) is 9.45 Å². The second kappa shape index (κ2) is 4.28. The molecule has 0 fully saturated rings. The van der Waals surface area contributed by atoms with E-state index in [1.165, 1.54) is 0 Å². The van der Waals surface area contributed by atoms with E-state index in [2.05, 4.69) is 22.6 Å². The fourth-order valence-electron chi connectivity index (χ4n) is 0.803. The van der Waals surface area contributed by atoms with E-state index in [0.29, 0.717) is 9.45 Å². The lowest BCUT2D eigenvalue weighted by molar-refractivity contribution is 0.207. The Morgan fingerprint density at radius 2 is 2.27 bits per heavy atom. The molecule has 1 N–H and O–H groups in total. The van der Waals surface area contributed by atoms with Crippen molar-refractivity contribution in [1.29, 1.82) is 0 Å². The summed E-state index contributed by atoms with van der Waals surface area (Å²) in [4.78, 5) is 0. The Hall–Kier alpha value is 0.200. The first-order valence-electron chi connectivity index (χ1n) is 3.23. The Kier molecular flexibility index (Phi) is 3.62. The Balaban J connectivity index is 2.86. The molecule has 0 aromatic heterocycles. The number of aliphatic hydroxyl groups is 1. The highest BCUT2D eigenvalue weighted by Crippen LogP contribution is 2.18. The maximum absolute atomic E-state index is 9.39. The highest BCUT2D eigenvalue weighted by atomic mass is 127. The van der Waals surface area contributed by atoms with Gasteiger partial charge in [-0.05, 0) is 17.7 Å². The van der Waals surface area contributed by atoms with Crippen LogP contribution in [0.3, 0.4) is 0 Å². The Labute approximate surface area is 84.5 Å². The molecule has 0 bridgehead atoms. The summed E-state index contributed by atoms with van der Waals surface area (Å²) in [5.74, 6) is 0. The molecule has 0 saturated heterocycles. The minimum Gasteiger partial charge on any atom is -0.388 e. The monoisotopic (exact) mass is 282 g/mol. The number of alkyl halides is 1. The summed E-state index contributed by atoms with van der Waals surface area (Å²) in [7, 11) is 0. The van der Waals surface area contributed by atoms with Gasteiger partial charge in [0.1, 0.15) is 0 Å². The second-order valence-corrected chi connectivity index (χ2v) is 3.54. The lowest BCUT2D eigenvalue weighted by Gasteiger charge is -2.06. The molecule has 0 aliphatic heterocycles. The van der Waals surface area contributed by atoms with Gasteiger partial charge in [0.15, 0.2) is 0 Å². The van der Waals surface area contributed by atoms with Crippen LogP contribution in [0, 0.1) is 0 Å². The van der Waals surface area contributed by atoms with E-state index in [4.69, 9.17) is 11.6 Å². The molecular formula is C8H8ClIO. The molecule has 3 heteroatoms. The largest absolute Gasteiger partial charge is 0.388 e. The number of rotatable bonds is 2. The van der Waals surface area contributed by atoms with Gasteiger partial charge >= 0.3 is 0 Å². The van der Waals surface area contributed by atoms with E-state index >= 15 is 0 Å². The molecule has 1 aromatic rings. The van der Waals surface area contributed by atoms with Crippen molar-refractivity contribution in [3.8, 4) is 0 Å². The molecular weight excluding hydrogens is 274 g/mol. The molecule has 1 nitrogen and oxygen atoms in total. The molecule has 11 heavy (non-hydrogen) atoms. The summed E-state index contributed by atoms with van der Waals surface area (Å²) in [5.41, 5.74) is 0.881. The lowest BCUT2D eigenvalue weighted by atomic mass is 10.1. The third kappa shape index (κ3) is 2.61. The van der Waals surface area contributed by atoms with Crippen molar-refractivity contribution in [2.24, 2.45) is 0 Å². The number of hydrogen-bond donors (Lipinski definition) is 1. The molecule has 0 unspecified atom stereocenters. The van der Waals surface area contributed by atoms with E-state index in [1.807, 2.05) is 12.1 Å². The summed E-state index contributed by atoms with van der Waals surface area (Å²) in [6, 6.07) is 7.29. The standard InChI is InChI=1S/C8H8ClIO/c9-7-3-1-2-6(4-7)8(11)5-10/h1-4,8,11H,5H2/t8-/m0/s1. The molecule has 60 valence electrons.